The van der Waals surface area contributed by atoms with Crippen LogP contribution in [0.1, 0.15) is 13.3 Å². The van der Waals surface area contributed by atoms with Gasteiger partial charge in [-0.25, -0.2) is 0 Å². The molecule has 96 valence electrons. The van der Waals surface area contributed by atoms with Crippen LogP contribution in [0.3, 0.4) is 0 Å². The molecule has 0 spiro atoms. The van der Waals surface area contributed by atoms with Crippen molar-refractivity contribution in [3.8, 4) is 0 Å². The lowest BCUT2D eigenvalue weighted by molar-refractivity contribution is -0.117. The van der Waals surface area contributed by atoms with Gasteiger partial charge in [0.05, 0.1) is 17.5 Å². The number of rotatable bonds is 3. The summed E-state index contributed by atoms with van der Waals surface area (Å²) in [4.78, 5) is 23.9. The van der Waals surface area contributed by atoms with Gasteiger partial charge in [0.25, 0.3) is 0 Å². The summed E-state index contributed by atoms with van der Waals surface area (Å²) in [7, 11) is 0. The molecule has 0 unspecified atom stereocenters. The zero-order valence-corrected chi connectivity index (χ0v) is 10.8. The largest absolute Gasteiger partial charge is 0.325 e. The summed E-state index contributed by atoms with van der Waals surface area (Å²) in [6.45, 7) is 1.86. The zero-order chi connectivity index (χ0) is 13.1. The molecule has 0 radical (unpaired) electrons. The number of fused-ring (bicyclic) bond motifs is 1. The minimum absolute atomic E-state index is 0.0266. The third kappa shape index (κ3) is 2.83. The maximum atomic E-state index is 11.6. The van der Waals surface area contributed by atoms with Crippen molar-refractivity contribution >= 4 is 35.0 Å². The molecule has 6 heteroatoms. The summed E-state index contributed by atoms with van der Waals surface area (Å²) in [5, 5.41) is 5.51. The van der Waals surface area contributed by atoms with Crippen molar-refractivity contribution in [1.82, 2.24) is 0 Å². The molecule has 18 heavy (non-hydrogen) atoms. The maximum absolute atomic E-state index is 11.6. The van der Waals surface area contributed by atoms with Crippen LogP contribution in [-0.2, 0) is 9.59 Å². The molecule has 0 aliphatic carbocycles. The Hall–Kier alpha value is -1.53. The molecule has 1 aliphatic rings. The van der Waals surface area contributed by atoms with Gasteiger partial charge in [-0.3, -0.25) is 9.59 Å². The van der Waals surface area contributed by atoms with Crippen LogP contribution in [0.5, 0.6) is 0 Å². The normalized spacial score (nSPS) is 15.6. The predicted molar refractivity (Wildman–Crippen MR) is 72.7 cm³/mol. The third-order valence-corrected chi connectivity index (χ3v) is 3.73. The molecule has 0 saturated carbocycles. The zero-order valence-electron chi connectivity index (χ0n) is 10.0. The average molecular weight is 265 g/mol. The standard InChI is InChI=1S/C12H15N3O2S/c1-2-8(13)12(17)14-7-3-4-10-9(5-7)15-11(16)6-18-10/h3-5,8H,2,6,13H2,1H3,(H,14,17)(H,15,16)/t8-/m1/s1. The average Bonchev–Trinajstić information content (AvgIpc) is 2.37. The number of carbonyl (C=O) groups excluding carboxylic acids is 2. The molecule has 0 bridgehead atoms. The van der Waals surface area contributed by atoms with Crippen LogP contribution in [0, 0.1) is 0 Å². The fourth-order valence-corrected chi connectivity index (χ4v) is 2.37. The molecule has 1 aromatic carbocycles. The number of nitrogens with one attached hydrogen (secondary N) is 2. The van der Waals surface area contributed by atoms with E-state index < -0.39 is 6.04 Å². The van der Waals surface area contributed by atoms with Crippen molar-refractivity contribution in [2.45, 2.75) is 24.3 Å². The minimum Gasteiger partial charge on any atom is -0.325 e. The van der Waals surface area contributed by atoms with E-state index in [-0.39, 0.29) is 11.8 Å². The smallest absolute Gasteiger partial charge is 0.241 e. The number of anilines is 2. The quantitative estimate of drug-likeness (QED) is 0.771. The van der Waals surface area contributed by atoms with Crippen molar-refractivity contribution in [2.24, 2.45) is 5.73 Å². The molecule has 0 saturated heterocycles. The van der Waals surface area contributed by atoms with Crippen molar-refractivity contribution < 1.29 is 9.59 Å². The Balaban J connectivity index is 2.13. The Morgan fingerprint density at radius 3 is 3.11 bits per heavy atom. The maximum Gasteiger partial charge on any atom is 0.241 e. The van der Waals surface area contributed by atoms with E-state index in [9.17, 15) is 9.59 Å². The van der Waals surface area contributed by atoms with E-state index in [1.807, 2.05) is 19.1 Å². The van der Waals surface area contributed by atoms with Crippen molar-refractivity contribution in [3.63, 3.8) is 0 Å². The van der Waals surface area contributed by atoms with E-state index in [0.29, 0.717) is 17.9 Å². The Bertz CT molecular complexity index is 490. The summed E-state index contributed by atoms with van der Waals surface area (Å²) in [5.41, 5.74) is 7.02. The van der Waals surface area contributed by atoms with E-state index >= 15 is 0 Å². The Kier molecular flexibility index (Phi) is 3.88. The number of thioether (sulfide) groups is 1. The first-order chi connectivity index (χ1) is 8.60. The van der Waals surface area contributed by atoms with Gasteiger partial charge in [0.1, 0.15) is 0 Å². The molecule has 2 amide bonds. The Morgan fingerprint density at radius 1 is 1.61 bits per heavy atom. The molecular weight excluding hydrogens is 250 g/mol. The van der Waals surface area contributed by atoms with Gasteiger partial charge >= 0.3 is 0 Å². The Labute approximate surface area is 110 Å². The van der Waals surface area contributed by atoms with Crippen molar-refractivity contribution in [1.29, 1.82) is 0 Å². The van der Waals surface area contributed by atoms with Gasteiger partial charge in [0.2, 0.25) is 11.8 Å². The molecule has 4 N–H and O–H groups in total. The number of amides is 2. The highest BCUT2D eigenvalue weighted by atomic mass is 32.2. The summed E-state index contributed by atoms with van der Waals surface area (Å²) < 4.78 is 0. The molecular formula is C12H15N3O2S. The number of carbonyl (C=O) groups is 2. The second-order valence-corrected chi connectivity index (χ2v) is 5.07. The molecule has 1 heterocycles. The second kappa shape index (κ2) is 5.41. The van der Waals surface area contributed by atoms with Crippen LogP contribution in [0.25, 0.3) is 0 Å². The summed E-state index contributed by atoms with van der Waals surface area (Å²) >= 11 is 1.49. The highest BCUT2D eigenvalue weighted by molar-refractivity contribution is 8.00. The molecule has 0 fully saturated rings. The van der Waals surface area contributed by atoms with Gasteiger partial charge in [-0.05, 0) is 24.6 Å². The van der Waals surface area contributed by atoms with Gasteiger partial charge in [-0.1, -0.05) is 6.92 Å². The molecule has 1 atom stereocenters. The predicted octanol–water partition coefficient (Wildman–Crippen LogP) is 1.41. The van der Waals surface area contributed by atoms with E-state index in [1.54, 1.807) is 6.07 Å². The van der Waals surface area contributed by atoms with E-state index in [1.165, 1.54) is 11.8 Å². The topological polar surface area (TPSA) is 84.2 Å². The first-order valence-corrected chi connectivity index (χ1v) is 6.72. The number of benzene rings is 1. The highest BCUT2D eigenvalue weighted by Gasteiger charge is 2.17. The lowest BCUT2D eigenvalue weighted by Crippen LogP contribution is -2.34. The fourth-order valence-electron chi connectivity index (χ4n) is 1.58. The molecule has 1 aromatic rings. The van der Waals surface area contributed by atoms with Crippen LogP contribution in [0.15, 0.2) is 23.1 Å². The molecule has 0 aromatic heterocycles. The summed E-state index contributed by atoms with van der Waals surface area (Å²) in [6.07, 6.45) is 0.587. The number of nitrogens with two attached hydrogens (primary N) is 1. The van der Waals surface area contributed by atoms with Crippen LogP contribution in [0.4, 0.5) is 11.4 Å². The van der Waals surface area contributed by atoms with Crippen LogP contribution >= 0.6 is 11.8 Å². The SMILES string of the molecule is CC[C@@H](N)C(=O)Nc1ccc2c(c1)NC(=O)CS2. The number of hydrogen-bond acceptors (Lipinski definition) is 4. The molecule has 5 nitrogen and oxygen atoms in total. The van der Waals surface area contributed by atoms with E-state index in [0.717, 1.165) is 10.6 Å². The van der Waals surface area contributed by atoms with Crippen molar-refractivity contribution in [2.75, 3.05) is 16.4 Å². The third-order valence-electron chi connectivity index (χ3n) is 2.66. The summed E-state index contributed by atoms with van der Waals surface area (Å²) in [6, 6.07) is 4.93. The fraction of sp³-hybridized carbons (Fsp3) is 0.333. The minimum atomic E-state index is -0.509. The van der Waals surface area contributed by atoms with Crippen LogP contribution < -0.4 is 16.4 Å². The van der Waals surface area contributed by atoms with Crippen LogP contribution in [0.2, 0.25) is 0 Å². The second-order valence-electron chi connectivity index (χ2n) is 4.05. The van der Waals surface area contributed by atoms with Gasteiger partial charge < -0.3 is 16.4 Å². The lowest BCUT2D eigenvalue weighted by atomic mass is 10.2. The monoisotopic (exact) mass is 265 g/mol. The first kappa shape index (κ1) is 12.9. The number of hydrogen-bond donors (Lipinski definition) is 3. The summed E-state index contributed by atoms with van der Waals surface area (Å²) in [5.74, 6) is 0.188. The van der Waals surface area contributed by atoms with E-state index in [4.69, 9.17) is 5.73 Å². The van der Waals surface area contributed by atoms with Gasteiger partial charge in [0, 0.05) is 10.6 Å². The molecule has 1 aliphatic heterocycles. The van der Waals surface area contributed by atoms with Gasteiger partial charge in [0.15, 0.2) is 0 Å². The Morgan fingerprint density at radius 2 is 2.39 bits per heavy atom. The lowest BCUT2D eigenvalue weighted by Gasteiger charge is -2.17. The van der Waals surface area contributed by atoms with Crippen LogP contribution in [-0.4, -0.2) is 23.6 Å². The van der Waals surface area contributed by atoms with Gasteiger partial charge in [-0.2, -0.15) is 0 Å². The first-order valence-electron chi connectivity index (χ1n) is 5.73. The van der Waals surface area contributed by atoms with Crippen molar-refractivity contribution in [3.05, 3.63) is 18.2 Å². The highest BCUT2D eigenvalue weighted by Crippen LogP contribution is 2.33. The molecule has 2 rings (SSSR count). The van der Waals surface area contributed by atoms with Gasteiger partial charge in [-0.15, -0.1) is 11.8 Å². The van der Waals surface area contributed by atoms with E-state index in [2.05, 4.69) is 10.6 Å².